The first-order chi connectivity index (χ1) is 23.5. The lowest BCUT2D eigenvalue weighted by Crippen LogP contribution is -2.60. The fraction of sp³-hybridized carbons (Fsp3) is 0.417. The summed E-state index contributed by atoms with van der Waals surface area (Å²) in [6.45, 7) is 6.04. The fourth-order valence-electron chi connectivity index (χ4n) is 7.04. The zero-order valence-electron chi connectivity index (χ0n) is 27.3. The summed E-state index contributed by atoms with van der Waals surface area (Å²) in [5.41, 5.74) is 0.933. The highest BCUT2D eigenvalue weighted by Gasteiger charge is 2.46. The Morgan fingerprint density at radius 3 is 2.10 bits per heavy atom. The molecule has 3 unspecified atom stereocenters. The monoisotopic (exact) mass is 715 g/mol. The van der Waals surface area contributed by atoms with E-state index in [0.717, 1.165) is 49.1 Å². The average Bonchev–Trinajstić information content (AvgIpc) is 3.48. The van der Waals surface area contributed by atoms with Crippen LogP contribution in [0.1, 0.15) is 67.4 Å². The zero-order valence-corrected chi connectivity index (χ0v) is 28.8. The number of amidine groups is 1. The minimum absolute atomic E-state index is 0.00980. The van der Waals surface area contributed by atoms with Crippen LogP contribution in [0.4, 0.5) is 18.0 Å². The normalized spacial score (nSPS) is 21.9. The molecule has 3 aliphatic heterocycles. The molecule has 3 heterocycles. The van der Waals surface area contributed by atoms with E-state index in [1.165, 1.54) is 6.07 Å². The predicted molar refractivity (Wildman–Crippen MR) is 183 cm³/mol. The summed E-state index contributed by atoms with van der Waals surface area (Å²) in [7, 11) is 0. The topological polar surface area (TPSA) is 68.7 Å². The van der Waals surface area contributed by atoms with Crippen LogP contribution in [0.15, 0.2) is 71.7 Å². The molecule has 3 atom stereocenters. The number of hydrogen-bond donors (Lipinski definition) is 0. The van der Waals surface area contributed by atoms with Crippen LogP contribution in [0.5, 0.6) is 5.75 Å². The van der Waals surface area contributed by atoms with Gasteiger partial charge in [0.25, 0.3) is 0 Å². The number of carbonyl (C=O) groups is 2. The maximum atomic E-state index is 14.8. The van der Waals surface area contributed by atoms with Gasteiger partial charge >= 0.3 is 12.2 Å². The third kappa shape index (κ3) is 7.39. The number of amides is 3. The smallest absolute Gasteiger partial charge is 0.416 e. The number of nitrogens with zero attached hydrogens (tertiary/aromatic N) is 5. The van der Waals surface area contributed by atoms with E-state index in [2.05, 4.69) is 4.90 Å². The first kappa shape index (κ1) is 35.0. The zero-order chi connectivity index (χ0) is 34.9. The Bertz CT molecular complexity index is 1700. The third-order valence-corrected chi connectivity index (χ3v) is 9.93. The first-order valence-corrected chi connectivity index (χ1v) is 17.2. The summed E-state index contributed by atoms with van der Waals surface area (Å²) in [6.07, 6.45) is -1.72. The van der Waals surface area contributed by atoms with Crippen molar-refractivity contribution in [2.24, 2.45) is 4.99 Å². The predicted octanol–water partition coefficient (Wildman–Crippen LogP) is 8.05. The molecule has 0 aromatic heterocycles. The van der Waals surface area contributed by atoms with Crippen molar-refractivity contribution in [3.8, 4) is 5.75 Å². The minimum Gasteiger partial charge on any atom is -0.493 e. The van der Waals surface area contributed by atoms with Crippen molar-refractivity contribution in [3.63, 3.8) is 0 Å². The van der Waals surface area contributed by atoms with Crippen LogP contribution in [0.25, 0.3) is 0 Å². The lowest BCUT2D eigenvalue weighted by atomic mass is 9.93. The van der Waals surface area contributed by atoms with E-state index in [1.807, 2.05) is 29.2 Å². The molecule has 0 radical (unpaired) electrons. The van der Waals surface area contributed by atoms with Crippen molar-refractivity contribution in [2.75, 3.05) is 39.3 Å². The Morgan fingerprint density at radius 1 is 0.878 bits per heavy atom. The van der Waals surface area contributed by atoms with Gasteiger partial charge in [-0.2, -0.15) is 13.2 Å². The number of aliphatic imine (C=N–C) groups is 1. The van der Waals surface area contributed by atoms with E-state index < -0.39 is 23.8 Å². The Balaban J connectivity index is 1.41. The van der Waals surface area contributed by atoms with Crippen molar-refractivity contribution < 1.29 is 27.5 Å². The second kappa shape index (κ2) is 14.6. The van der Waals surface area contributed by atoms with Gasteiger partial charge in [0, 0.05) is 49.7 Å². The quantitative estimate of drug-likeness (QED) is 0.259. The van der Waals surface area contributed by atoms with Crippen LogP contribution >= 0.6 is 23.2 Å². The lowest BCUT2D eigenvalue weighted by Gasteiger charge is -2.46. The van der Waals surface area contributed by atoms with Crippen LogP contribution < -0.4 is 4.74 Å². The average molecular weight is 717 g/mol. The number of halogens is 5. The molecule has 3 aliphatic rings. The maximum absolute atomic E-state index is 14.8. The van der Waals surface area contributed by atoms with E-state index in [1.54, 1.807) is 47.9 Å². The Morgan fingerprint density at radius 2 is 1.51 bits per heavy atom. The molecule has 3 aromatic carbocycles. The number of rotatable bonds is 6. The van der Waals surface area contributed by atoms with Crippen molar-refractivity contribution in [3.05, 3.63) is 99.0 Å². The maximum Gasteiger partial charge on any atom is 0.416 e. The molecule has 0 saturated carbocycles. The molecule has 260 valence electrons. The van der Waals surface area contributed by atoms with Crippen LogP contribution in [-0.2, 0) is 11.0 Å². The van der Waals surface area contributed by atoms with Gasteiger partial charge in [-0.15, -0.1) is 0 Å². The van der Waals surface area contributed by atoms with Crippen LogP contribution in [-0.4, -0.2) is 82.9 Å². The first-order valence-electron chi connectivity index (χ1n) is 16.5. The standard InChI is InChI=1S/C36H38Cl2F3N5O3/c1-3-49-30-22-26(36(39,40)41)11-16-29(30)34-42-32(24-7-12-27(37)13-8-24)33(25-9-14-28(38)15-10-25)46(34)35(48)44-20-18-43(19-21-44)31-6-4-5-17-45(31)23(2)47/h7-16,22,31-33H,3-6,17-21H2,1-2H3. The van der Waals surface area contributed by atoms with Gasteiger partial charge < -0.3 is 14.5 Å². The van der Waals surface area contributed by atoms with E-state index in [4.69, 9.17) is 32.9 Å². The van der Waals surface area contributed by atoms with E-state index in [9.17, 15) is 22.8 Å². The highest BCUT2D eigenvalue weighted by molar-refractivity contribution is 6.30. The molecule has 0 aliphatic carbocycles. The highest BCUT2D eigenvalue weighted by Crippen LogP contribution is 2.46. The molecular weight excluding hydrogens is 678 g/mol. The summed E-state index contributed by atoms with van der Waals surface area (Å²) in [4.78, 5) is 39.9. The summed E-state index contributed by atoms with van der Waals surface area (Å²) < 4.78 is 47.3. The second-order valence-corrected chi connectivity index (χ2v) is 13.3. The summed E-state index contributed by atoms with van der Waals surface area (Å²) in [5.74, 6) is 0.230. The fourth-order valence-corrected chi connectivity index (χ4v) is 7.29. The molecule has 8 nitrogen and oxygen atoms in total. The molecule has 6 rings (SSSR count). The van der Waals surface area contributed by atoms with Crippen LogP contribution in [0, 0.1) is 0 Å². The van der Waals surface area contributed by atoms with Gasteiger partial charge in [0.15, 0.2) is 0 Å². The van der Waals surface area contributed by atoms with Crippen molar-refractivity contribution in [2.45, 2.75) is 57.5 Å². The lowest BCUT2D eigenvalue weighted by molar-refractivity contribution is -0.139. The van der Waals surface area contributed by atoms with Crippen molar-refractivity contribution >= 4 is 41.0 Å². The van der Waals surface area contributed by atoms with Gasteiger partial charge in [-0.25, -0.2) is 4.79 Å². The number of alkyl halides is 3. The number of benzene rings is 3. The molecule has 2 saturated heterocycles. The SMILES string of the molecule is CCOc1cc(C(F)(F)F)ccc1C1=NC(c2ccc(Cl)cc2)C(c2ccc(Cl)cc2)N1C(=O)N1CCN(C2CCCCN2C(C)=O)CC1. The number of ether oxygens (including phenoxy) is 1. The summed E-state index contributed by atoms with van der Waals surface area (Å²) >= 11 is 12.5. The van der Waals surface area contributed by atoms with Gasteiger partial charge in [-0.05, 0) is 79.8 Å². The van der Waals surface area contributed by atoms with Gasteiger partial charge in [0.2, 0.25) is 5.91 Å². The molecule has 2 fully saturated rings. The Labute approximate surface area is 294 Å². The third-order valence-electron chi connectivity index (χ3n) is 9.43. The molecule has 13 heteroatoms. The number of hydrogen-bond acceptors (Lipinski definition) is 5. The number of urea groups is 1. The molecular formula is C36H38Cl2F3N5O3. The molecule has 3 amide bonds. The summed E-state index contributed by atoms with van der Waals surface area (Å²) in [5, 5.41) is 1.05. The number of piperidine rings is 1. The van der Waals surface area contributed by atoms with E-state index in [0.29, 0.717) is 36.2 Å². The van der Waals surface area contributed by atoms with E-state index in [-0.39, 0.29) is 41.9 Å². The minimum atomic E-state index is -4.59. The second-order valence-electron chi connectivity index (χ2n) is 12.5. The molecule has 0 bridgehead atoms. The largest absolute Gasteiger partial charge is 0.493 e. The van der Waals surface area contributed by atoms with Crippen LogP contribution in [0.3, 0.4) is 0 Å². The van der Waals surface area contributed by atoms with Gasteiger partial charge in [0.05, 0.1) is 29.9 Å². The van der Waals surface area contributed by atoms with Gasteiger partial charge in [0.1, 0.15) is 17.6 Å². The molecule has 49 heavy (non-hydrogen) atoms. The van der Waals surface area contributed by atoms with Gasteiger partial charge in [-0.1, -0.05) is 47.5 Å². The van der Waals surface area contributed by atoms with Crippen molar-refractivity contribution in [1.29, 1.82) is 0 Å². The number of likely N-dealkylation sites (tertiary alicyclic amines) is 1. The van der Waals surface area contributed by atoms with Crippen LogP contribution in [0.2, 0.25) is 10.0 Å². The van der Waals surface area contributed by atoms with Gasteiger partial charge in [-0.3, -0.25) is 19.6 Å². The van der Waals surface area contributed by atoms with E-state index >= 15 is 0 Å². The molecule has 3 aromatic rings. The summed E-state index contributed by atoms with van der Waals surface area (Å²) in [6, 6.07) is 16.0. The Hall–Kier alpha value is -3.80. The number of carbonyl (C=O) groups excluding carboxylic acids is 2. The number of piperazine rings is 1. The molecule has 0 N–H and O–H groups in total. The molecule has 0 spiro atoms. The highest BCUT2D eigenvalue weighted by atomic mass is 35.5. The Kier molecular flexibility index (Phi) is 10.4. The van der Waals surface area contributed by atoms with Crippen molar-refractivity contribution in [1.82, 2.24) is 19.6 Å².